The fourth-order valence-electron chi connectivity index (χ4n) is 3.94. The van der Waals surface area contributed by atoms with E-state index in [0.29, 0.717) is 12.0 Å². The van der Waals surface area contributed by atoms with E-state index in [2.05, 4.69) is 36.6 Å². The Labute approximate surface area is 122 Å². The summed E-state index contributed by atoms with van der Waals surface area (Å²) in [5.74, 6) is 2.64. The van der Waals surface area contributed by atoms with Gasteiger partial charge in [0.25, 0.3) is 0 Å². The van der Waals surface area contributed by atoms with Crippen molar-refractivity contribution in [2.24, 2.45) is 11.8 Å². The molecule has 2 nitrogen and oxygen atoms in total. The first-order valence-corrected chi connectivity index (χ1v) is 8.25. The fourth-order valence-corrected chi connectivity index (χ4v) is 3.94. The van der Waals surface area contributed by atoms with Crippen LogP contribution >= 0.6 is 0 Å². The molecule has 1 heterocycles. The van der Waals surface area contributed by atoms with Crippen molar-refractivity contribution in [3.8, 4) is 5.75 Å². The van der Waals surface area contributed by atoms with E-state index in [1.165, 1.54) is 44.1 Å². The van der Waals surface area contributed by atoms with Crippen LogP contribution in [0.3, 0.4) is 0 Å². The van der Waals surface area contributed by atoms with Gasteiger partial charge in [0.1, 0.15) is 5.75 Å². The van der Waals surface area contributed by atoms with Crippen molar-refractivity contribution in [1.29, 1.82) is 0 Å². The van der Waals surface area contributed by atoms with E-state index in [4.69, 9.17) is 4.74 Å². The fraction of sp³-hybridized carbons (Fsp3) is 0.667. The molecule has 0 radical (unpaired) electrons. The SMILES string of the molecule is CNC(CC1CCCCC1)C1COc2ccccc2C1. The van der Waals surface area contributed by atoms with Gasteiger partial charge < -0.3 is 10.1 Å². The van der Waals surface area contributed by atoms with Crippen molar-refractivity contribution in [1.82, 2.24) is 5.32 Å². The van der Waals surface area contributed by atoms with Gasteiger partial charge >= 0.3 is 0 Å². The predicted molar refractivity (Wildman–Crippen MR) is 83.2 cm³/mol. The Morgan fingerprint density at radius 2 is 2.00 bits per heavy atom. The van der Waals surface area contributed by atoms with Crippen LogP contribution in [0.2, 0.25) is 0 Å². The minimum atomic E-state index is 0.603. The van der Waals surface area contributed by atoms with Crippen LogP contribution in [-0.4, -0.2) is 19.7 Å². The summed E-state index contributed by atoms with van der Waals surface area (Å²) >= 11 is 0. The summed E-state index contributed by atoms with van der Waals surface area (Å²) in [5, 5.41) is 3.57. The smallest absolute Gasteiger partial charge is 0.122 e. The molecular weight excluding hydrogens is 246 g/mol. The summed E-state index contributed by atoms with van der Waals surface area (Å²) in [4.78, 5) is 0. The molecule has 2 atom stereocenters. The van der Waals surface area contributed by atoms with Gasteiger partial charge in [-0.2, -0.15) is 0 Å². The highest BCUT2D eigenvalue weighted by Crippen LogP contribution is 2.33. The Hall–Kier alpha value is -1.02. The molecule has 2 aliphatic rings. The number of nitrogens with one attached hydrogen (secondary N) is 1. The van der Waals surface area contributed by atoms with Crippen LogP contribution in [0.1, 0.15) is 44.1 Å². The number of ether oxygens (including phenoxy) is 1. The van der Waals surface area contributed by atoms with E-state index in [-0.39, 0.29) is 0 Å². The molecule has 110 valence electrons. The zero-order valence-electron chi connectivity index (χ0n) is 12.6. The Balaban J connectivity index is 1.62. The van der Waals surface area contributed by atoms with Gasteiger partial charge in [-0.1, -0.05) is 50.3 Å². The highest BCUT2D eigenvalue weighted by Gasteiger charge is 2.28. The molecule has 1 aromatic rings. The molecule has 20 heavy (non-hydrogen) atoms. The Morgan fingerprint density at radius 1 is 1.20 bits per heavy atom. The third kappa shape index (κ3) is 3.17. The van der Waals surface area contributed by atoms with Gasteiger partial charge in [0, 0.05) is 12.0 Å². The molecular formula is C18H27NO. The van der Waals surface area contributed by atoms with Crippen LogP contribution in [0.4, 0.5) is 0 Å². The van der Waals surface area contributed by atoms with Gasteiger partial charge in [0.15, 0.2) is 0 Å². The molecule has 3 rings (SSSR count). The third-order valence-electron chi connectivity index (χ3n) is 5.16. The molecule has 0 bridgehead atoms. The second kappa shape index (κ2) is 6.62. The summed E-state index contributed by atoms with van der Waals surface area (Å²) in [6.07, 6.45) is 9.67. The summed E-state index contributed by atoms with van der Waals surface area (Å²) in [7, 11) is 2.12. The van der Waals surface area contributed by atoms with Crippen LogP contribution in [0.15, 0.2) is 24.3 Å². The maximum absolute atomic E-state index is 5.97. The normalized spacial score (nSPS) is 24.8. The van der Waals surface area contributed by atoms with E-state index in [9.17, 15) is 0 Å². The number of hydrogen-bond acceptors (Lipinski definition) is 2. The molecule has 2 unspecified atom stereocenters. The van der Waals surface area contributed by atoms with Gasteiger partial charge in [-0.15, -0.1) is 0 Å². The molecule has 1 saturated carbocycles. The molecule has 1 aliphatic heterocycles. The van der Waals surface area contributed by atoms with Gasteiger partial charge in [-0.25, -0.2) is 0 Å². The summed E-state index contributed by atoms with van der Waals surface area (Å²) in [5.41, 5.74) is 1.38. The lowest BCUT2D eigenvalue weighted by molar-refractivity contribution is 0.165. The molecule has 0 saturated heterocycles. The van der Waals surface area contributed by atoms with Crippen LogP contribution < -0.4 is 10.1 Å². The second-order valence-corrected chi connectivity index (χ2v) is 6.52. The van der Waals surface area contributed by atoms with Crippen LogP contribution in [0, 0.1) is 11.8 Å². The lowest BCUT2D eigenvalue weighted by Gasteiger charge is -2.34. The predicted octanol–water partition coefficient (Wildman–Crippen LogP) is 3.80. The van der Waals surface area contributed by atoms with Gasteiger partial charge in [-0.05, 0) is 37.4 Å². The van der Waals surface area contributed by atoms with Crippen molar-refractivity contribution in [2.45, 2.75) is 51.0 Å². The minimum Gasteiger partial charge on any atom is -0.493 e. The van der Waals surface area contributed by atoms with Crippen LogP contribution in [0.5, 0.6) is 5.75 Å². The topological polar surface area (TPSA) is 21.3 Å². The van der Waals surface area contributed by atoms with Crippen molar-refractivity contribution < 1.29 is 4.74 Å². The first kappa shape index (κ1) is 13.9. The standard InChI is InChI=1S/C18H27NO/c1-19-17(11-14-7-3-2-4-8-14)16-12-15-9-5-6-10-18(15)20-13-16/h5-6,9-10,14,16-17,19H,2-4,7-8,11-13H2,1H3. The molecule has 2 heteroatoms. The van der Waals surface area contributed by atoms with Crippen molar-refractivity contribution in [3.63, 3.8) is 0 Å². The van der Waals surface area contributed by atoms with E-state index in [0.717, 1.165) is 24.7 Å². The minimum absolute atomic E-state index is 0.603. The van der Waals surface area contributed by atoms with Crippen LogP contribution in [-0.2, 0) is 6.42 Å². The molecule has 0 spiro atoms. The molecule has 0 amide bonds. The summed E-state index contributed by atoms with van der Waals surface area (Å²) in [6.45, 7) is 0.870. The van der Waals surface area contributed by atoms with Gasteiger partial charge in [-0.3, -0.25) is 0 Å². The van der Waals surface area contributed by atoms with Crippen LogP contribution in [0.25, 0.3) is 0 Å². The number of benzene rings is 1. The first-order valence-electron chi connectivity index (χ1n) is 8.25. The van der Waals surface area contributed by atoms with E-state index < -0.39 is 0 Å². The zero-order valence-corrected chi connectivity index (χ0v) is 12.6. The molecule has 1 N–H and O–H groups in total. The lowest BCUT2D eigenvalue weighted by Crippen LogP contribution is -2.41. The largest absolute Gasteiger partial charge is 0.493 e. The summed E-state index contributed by atoms with van der Waals surface area (Å²) < 4.78 is 5.97. The Bertz CT molecular complexity index is 425. The molecule has 0 aromatic heterocycles. The highest BCUT2D eigenvalue weighted by atomic mass is 16.5. The number of fused-ring (bicyclic) bond motifs is 1. The second-order valence-electron chi connectivity index (χ2n) is 6.52. The van der Waals surface area contributed by atoms with Gasteiger partial charge in [0.2, 0.25) is 0 Å². The Kier molecular flexibility index (Phi) is 4.62. The number of rotatable bonds is 4. The maximum atomic E-state index is 5.97. The van der Waals surface area contributed by atoms with Gasteiger partial charge in [0.05, 0.1) is 6.61 Å². The first-order chi connectivity index (χ1) is 9.86. The average Bonchev–Trinajstić information content (AvgIpc) is 2.53. The van der Waals surface area contributed by atoms with E-state index >= 15 is 0 Å². The van der Waals surface area contributed by atoms with Crippen molar-refractivity contribution in [2.75, 3.05) is 13.7 Å². The quantitative estimate of drug-likeness (QED) is 0.901. The molecule has 1 aliphatic carbocycles. The molecule has 1 aromatic carbocycles. The van der Waals surface area contributed by atoms with Crippen molar-refractivity contribution >= 4 is 0 Å². The van der Waals surface area contributed by atoms with E-state index in [1.807, 2.05) is 0 Å². The number of hydrogen-bond donors (Lipinski definition) is 1. The number of para-hydroxylation sites is 1. The van der Waals surface area contributed by atoms with Crippen molar-refractivity contribution in [3.05, 3.63) is 29.8 Å². The molecule has 1 fully saturated rings. The Morgan fingerprint density at radius 3 is 2.80 bits per heavy atom. The average molecular weight is 273 g/mol. The zero-order chi connectivity index (χ0) is 13.8. The lowest BCUT2D eigenvalue weighted by atomic mass is 9.80. The van der Waals surface area contributed by atoms with E-state index in [1.54, 1.807) is 0 Å². The monoisotopic (exact) mass is 273 g/mol. The third-order valence-corrected chi connectivity index (χ3v) is 5.16. The summed E-state index contributed by atoms with van der Waals surface area (Å²) in [6, 6.07) is 9.11. The maximum Gasteiger partial charge on any atom is 0.122 e. The highest BCUT2D eigenvalue weighted by molar-refractivity contribution is 5.35.